The molecule has 3 heterocycles. The minimum Gasteiger partial charge on any atom is -0.489 e. The van der Waals surface area contributed by atoms with E-state index in [0.717, 1.165) is 44.5 Å². The summed E-state index contributed by atoms with van der Waals surface area (Å²) < 4.78 is 5.97. The van der Waals surface area contributed by atoms with Crippen LogP contribution < -0.4 is 4.74 Å². The van der Waals surface area contributed by atoms with Gasteiger partial charge in [-0.2, -0.15) is 0 Å². The minimum atomic E-state index is 0.0976. The summed E-state index contributed by atoms with van der Waals surface area (Å²) in [5.74, 6) is 0.946. The van der Waals surface area contributed by atoms with Gasteiger partial charge in [-0.05, 0) is 55.4 Å². The predicted molar refractivity (Wildman–Crippen MR) is 89.7 cm³/mol. The minimum absolute atomic E-state index is 0.0976. The molecule has 0 bridgehead atoms. The molecule has 2 aromatic heterocycles. The molecule has 2 aliphatic rings. The Bertz CT molecular complexity index is 689. The molecule has 5 heteroatoms. The molecule has 0 N–H and O–H groups in total. The first-order valence-corrected chi connectivity index (χ1v) is 8.50. The van der Waals surface area contributed by atoms with E-state index in [4.69, 9.17) is 4.74 Å². The second-order valence-electron chi connectivity index (χ2n) is 6.87. The molecule has 1 saturated carbocycles. The van der Waals surface area contributed by atoms with Crippen molar-refractivity contribution in [3.8, 4) is 5.75 Å². The summed E-state index contributed by atoms with van der Waals surface area (Å²) in [5, 5.41) is 0. The van der Waals surface area contributed by atoms with Crippen LogP contribution in [0.15, 0.2) is 49.1 Å². The zero-order valence-corrected chi connectivity index (χ0v) is 13.6. The Kier molecular flexibility index (Phi) is 3.92. The summed E-state index contributed by atoms with van der Waals surface area (Å²) in [4.78, 5) is 22.6. The Morgan fingerprint density at radius 3 is 2.42 bits per heavy atom. The van der Waals surface area contributed by atoms with Crippen LogP contribution in [0.4, 0.5) is 0 Å². The lowest BCUT2D eigenvalue weighted by atomic mass is 9.61. The van der Waals surface area contributed by atoms with Gasteiger partial charge >= 0.3 is 0 Å². The van der Waals surface area contributed by atoms with Crippen molar-refractivity contribution in [1.29, 1.82) is 0 Å². The quantitative estimate of drug-likeness (QED) is 0.871. The van der Waals surface area contributed by atoms with Crippen molar-refractivity contribution < 1.29 is 9.53 Å². The Balaban J connectivity index is 1.29. The summed E-state index contributed by atoms with van der Waals surface area (Å²) in [6.45, 7) is 1.65. The van der Waals surface area contributed by atoms with Crippen LogP contribution in [0.3, 0.4) is 0 Å². The van der Waals surface area contributed by atoms with Gasteiger partial charge in [0.15, 0.2) is 0 Å². The SMILES string of the molecule is O=C(c1cccnc1)N1CCC2(CC1)CC(Oc1cccnc1)C2. The van der Waals surface area contributed by atoms with E-state index in [1.54, 1.807) is 24.8 Å². The second-order valence-corrected chi connectivity index (χ2v) is 6.87. The van der Waals surface area contributed by atoms with Crippen molar-refractivity contribution in [3.05, 3.63) is 54.6 Å². The van der Waals surface area contributed by atoms with Gasteiger partial charge < -0.3 is 9.64 Å². The number of hydrogen-bond donors (Lipinski definition) is 0. The van der Waals surface area contributed by atoms with Gasteiger partial charge in [-0.15, -0.1) is 0 Å². The van der Waals surface area contributed by atoms with Gasteiger partial charge in [-0.25, -0.2) is 0 Å². The molecule has 1 aliphatic carbocycles. The van der Waals surface area contributed by atoms with E-state index < -0.39 is 0 Å². The summed E-state index contributed by atoms with van der Waals surface area (Å²) in [7, 11) is 0. The van der Waals surface area contributed by atoms with Crippen LogP contribution in [0, 0.1) is 5.41 Å². The number of amides is 1. The molecule has 0 aromatic carbocycles. The fourth-order valence-electron chi connectivity index (χ4n) is 3.86. The van der Waals surface area contributed by atoms with Crippen molar-refractivity contribution >= 4 is 5.91 Å². The van der Waals surface area contributed by atoms with E-state index in [1.165, 1.54) is 0 Å². The van der Waals surface area contributed by atoms with Crippen LogP contribution in [0.25, 0.3) is 0 Å². The van der Waals surface area contributed by atoms with E-state index in [2.05, 4.69) is 9.97 Å². The maximum absolute atomic E-state index is 12.5. The smallest absolute Gasteiger partial charge is 0.255 e. The number of rotatable bonds is 3. The summed E-state index contributed by atoms with van der Waals surface area (Å²) >= 11 is 0. The number of aromatic nitrogens is 2. The Morgan fingerprint density at radius 2 is 1.79 bits per heavy atom. The summed E-state index contributed by atoms with van der Waals surface area (Å²) in [5.41, 5.74) is 1.04. The van der Waals surface area contributed by atoms with Crippen molar-refractivity contribution in [3.63, 3.8) is 0 Å². The fraction of sp³-hybridized carbons (Fsp3) is 0.421. The van der Waals surface area contributed by atoms with Crippen LogP contribution in [0.5, 0.6) is 5.75 Å². The third kappa shape index (κ3) is 2.98. The largest absolute Gasteiger partial charge is 0.489 e. The highest BCUT2D eigenvalue weighted by Crippen LogP contribution is 2.50. The molecular formula is C19H21N3O2. The van der Waals surface area contributed by atoms with Gasteiger partial charge in [0.2, 0.25) is 0 Å². The summed E-state index contributed by atoms with van der Waals surface area (Å²) in [6, 6.07) is 7.49. The Labute approximate surface area is 141 Å². The first kappa shape index (κ1) is 15.1. The van der Waals surface area contributed by atoms with Crippen LogP contribution in [0.1, 0.15) is 36.0 Å². The van der Waals surface area contributed by atoms with E-state index in [-0.39, 0.29) is 12.0 Å². The van der Waals surface area contributed by atoms with Crippen molar-refractivity contribution in [2.24, 2.45) is 5.41 Å². The predicted octanol–water partition coefficient (Wildman–Crippen LogP) is 2.94. The van der Waals surface area contributed by atoms with E-state index >= 15 is 0 Å². The average molecular weight is 323 g/mol. The normalized spacial score (nSPS) is 19.8. The highest BCUT2D eigenvalue weighted by Gasteiger charge is 2.47. The molecule has 5 nitrogen and oxygen atoms in total. The molecule has 2 aromatic rings. The zero-order valence-electron chi connectivity index (χ0n) is 13.6. The average Bonchev–Trinajstić information content (AvgIpc) is 2.62. The number of carbonyl (C=O) groups is 1. The monoisotopic (exact) mass is 323 g/mol. The first-order chi connectivity index (χ1) is 11.7. The topological polar surface area (TPSA) is 55.3 Å². The van der Waals surface area contributed by atoms with Gasteiger partial charge in [0, 0.05) is 31.7 Å². The molecular weight excluding hydrogens is 302 g/mol. The Hall–Kier alpha value is -2.43. The number of nitrogens with zero attached hydrogens (tertiary/aromatic N) is 3. The lowest BCUT2D eigenvalue weighted by Gasteiger charge is -2.51. The molecule has 0 atom stereocenters. The molecule has 0 unspecified atom stereocenters. The second kappa shape index (κ2) is 6.23. The number of pyridine rings is 2. The van der Waals surface area contributed by atoms with Crippen molar-refractivity contribution in [2.45, 2.75) is 31.8 Å². The number of hydrogen-bond acceptors (Lipinski definition) is 4. The molecule has 0 radical (unpaired) electrons. The fourth-order valence-corrected chi connectivity index (χ4v) is 3.86. The molecule has 2 fully saturated rings. The lowest BCUT2D eigenvalue weighted by molar-refractivity contribution is -0.0509. The molecule has 1 spiro atoms. The van der Waals surface area contributed by atoms with E-state index in [9.17, 15) is 4.79 Å². The van der Waals surface area contributed by atoms with Gasteiger partial charge in [-0.3, -0.25) is 14.8 Å². The Morgan fingerprint density at radius 1 is 1.08 bits per heavy atom. The van der Waals surface area contributed by atoms with Crippen LogP contribution >= 0.6 is 0 Å². The van der Waals surface area contributed by atoms with Gasteiger partial charge in [0.25, 0.3) is 5.91 Å². The first-order valence-electron chi connectivity index (χ1n) is 8.50. The molecule has 4 rings (SSSR count). The van der Waals surface area contributed by atoms with Gasteiger partial charge in [-0.1, -0.05) is 0 Å². The zero-order chi connectivity index (χ0) is 16.4. The van der Waals surface area contributed by atoms with Crippen LogP contribution in [-0.2, 0) is 0 Å². The van der Waals surface area contributed by atoms with E-state index in [1.807, 2.05) is 29.2 Å². The highest BCUT2D eigenvalue weighted by atomic mass is 16.5. The maximum atomic E-state index is 12.5. The number of ether oxygens (including phenoxy) is 1. The number of piperidine rings is 1. The van der Waals surface area contributed by atoms with Crippen LogP contribution in [-0.4, -0.2) is 40.0 Å². The molecule has 124 valence electrons. The van der Waals surface area contributed by atoms with E-state index in [0.29, 0.717) is 11.0 Å². The highest BCUT2D eigenvalue weighted by molar-refractivity contribution is 5.93. The third-order valence-electron chi connectivity index (χ3n) is 5.28. The van der Waals surface area contributed by atoms with Crippen molar-refractivity contribution in [1.82, 2.24) is 14.9 Å². The van der Waals surface area contributed by atoms with Crippen molar-refractivity contribution in [2.75, 3.05) is 13.1 Å². The molecule has 1 aliphatic heterocycles. The molecule has 1 saturated heterocycles. The maximum Gasteiger partial charge on any atom is 0.255 e. The standard InChI is InChI=1S/C19H21N3O2/c23-18(15-3-1-7-20-13-15)22-9-5-19(6-10-22)11-17(12-19)24-16-4-2-8-21-14-16/h1-4,7-8,13-14,17H,5-6,9-12H2. The van der Waals surface area contributed by atoms with Gasteiger partial charge in [0.05, 0.1) is 17.9 Å². The van der Waals surface area contributed by atoms with Crippen LogP contribution in [0.2, 0.25) is 0 Å². The lowest BCUT2D eigenvalue weighted by Crippen LogP contribution is -2.52. The third-order valence-corrected chi connectivity index (χ3v) is 5.28. The number of carbonyl (C=O) groups excluding carboxylic acids is 1. The summed E-state index contributed by atoms with van der Waals surface area (Å²) in [6.07, 6.45) is 11.4. The molecule has 1 amide bonds. The molecule has 24 heavy (non-hydrogen) atoms. The number of likely N-dealkylation sites (tertiary alicyclic amines) is 1. The van der Waals surface area contributed by atoms with Gasteiger partial charge in [0.1, 0.15) is 5.75 Å².